The zero-order valence-electron chi connectivity index (χ0n) is 16.2. The first-order valence-corrected chi connectivity index (χ1v) is 9.93. The molecule has 1 saturated carbocycles. The van der Waals surface area contributed by atoms with Gasteiger partial charge in [0.25, 0.3) is 5.91 Å². The van der Waals surface area contributed by atoms with Crippen LogP contribution in [0.3, 0.4) is 0 Å². The van der Waals surface area contributed by atoms with Gasteiger partial charge in [-0.05, 0) is 30.6 Å². The van der Waals surface area contributed by atoms with E-state index in [0.29, 0.717) is 29.4 Å². The molecule has 2 atom stereocenters. The van der Waals surface area contributed by atoms with Crippen molar-refractivity contribution in [1.82, 2.24) is 19.8 Å². The average Bonchev–Trinajstić information content (AvgIpc) is 3.13. The number of aromatic nitrogens is 2. The number of hydrogen-bond acceptors (Lipinski definition) is 3. The number of nitrogens with zero attached hydrogens (tertiary/aromatic N) is 3. The van der Waals surface area contributed by atoms with Crippen LogP contribution in [0.4, 0.5) is 0 Å². The van der Waals surface area contributed by atoms with Crippen molar-refractivity contribution >= 4 is 11.8 Å². The first-order valence-electron chi connectivity index (χ1n) is 9.93. The summed E-state index contributed by atoms with van der Waals surface area (Å²) >= 11 is 0. The van der Waals surface area contributed by atoms with Crippen LogP contribution in [0, 0.1) is 16.7 Å². The maximum absolute atomic E-state index is 12.7. The van der Waals surface area contributed by atoms with E-state index in [1.165, 1.54) is 6.42 Å². The average molecular weight is 358 g/mol. The molecule has 2 saturated heterocycles. The number of likely N-dealkylation sites (tertiary alicyclic amines) is 2. The van der Waals surface area contributed by atoms with Crippen molar-refractivity contribution in [3.8, 4) is 0 Å². The number of rotatable bonds is 4. The highest BCUT2D eigenvalue weighted by Gasteiger charge is 2.49. The van der Waals surface area contributed by atoms with E-state index in [-0.39, 0.29) is 11.3 Å². The SMILES string of the molecule is CCc1ncc(C(=O)N2CCC3(CCN(C(=O)CC4CC4(C)C)C3)C2)[nH]1. The molecule has 3 aliphatic rings. The molecule has 2 amide bonds. The van der Waals surface area contributed by atoms with Crippen LogP contribution in [-0.4, -0.2) is 57.8 Å². The lowest BCUT2D eigenvalue weighted by atomic mass is 9.86. The van der Waals surface area contributed by atoms with Crippen molar-refractivity contribution in [1.29, 1.82) is 0 Å². The second-order valence-corrected chi connectivity index (χ2v) is 9.23. The van der Waals surface area contributed by atoms with Gasteiger partial charge in [0.15, 0.2) is 0 Å². The third kappa shape index (κ3) is 3.14. The quantitative estimate of drug-likeness (QED) is 0.899. The molecule has 1 aromatic rings. The molecular formula is C20H30N4O2. The Morgan fingerprint density at radius 2 is 1.88 bits per heavy atom. The topological polar surface area (TPSA) is 69.3 Å². The first kappa shape index (κ1) is 17.6. The van der Waals surface area contributed by atoms with Crippen molar-refractivity contribution in [2.75, 3.05) is 26.2 Å². The number of nitrogens with one attached hydrogen (secondary N) is 1. The van der Waals surface area contributed by atoms with Gasteiger partial charge in [-0.2, -0.15) is 0 Å². The molecule has 4 rings (SSSR count). The van der Waals surface area contributed by atoms with Crippen LogP contribution >= 0.6 is 0 Å². The minimum atomic E-state index is 0.0404. The summed E-state index contributed by atoms with van der Waals surface area (Å²) in [6, 6.07) is 0. The van der Waals surface area contributed by atoms with E-state index >= 15 is 0 Å². The number of carbonyl (C=O) groups excluding carboxylic acids is 2. The first-order chi connectivity index (χ1) is 12.3. The van der Waals surface area contributed by atoms with E-state index in [2.05, 4.69) is 23.8 Å². The maximum atomic E-state index is 12.7. The fourth-order valence-electron chi connectivity index (χ4n) is 4.68. The molecule has 6 nitrogen and oxygen atoms in total. The van der Waals surface area contributed by atoms with Gasteiger partial charge in [0, 0.05) is 44.4 Å². The van der Waals surface area contributed by atoms with Crippen LogP contribution in [0.25, 0.3) is 0 Å². The Morgan fingerprint density at radius 3 is 2.50 bits per heavy atom. The van der Waals surface area contributed by atoms with E-state index in [1.54, 1.807) is 6.20 Å². The van der Waals surface area contributed by atoms with Gasteiger partial charge in [-0.25, -0.2) is 4.98 Å². The van der Waals surface area contributed by atoms with Crippen molar-refractivity contribution in [3.63, 3.8) is 0 Å². The predicted molar refractivity (Wildman–Crippen MR) is 98.6 cm³/mol. The number of aromatic amines is 1. The minimum absolute atomic E-state index is 0.0404. The Balaban J connectivity index is 1.34. The fraction of sp³-hybridized carbons (Fsp3) is 0.750. The van der Waals surface area contributed by atoms with Crippen molar-refractivity contribution in [2.45, 2.75) is 52.9 Å². The number of amides is 2. The van der Waals surface area contributed by atoms with E-state index in [9.17, 15) is 9.59 Å². The Hall–Kier alpha value is -1.85. The number of H-pyrrole nitrogens is 1. The van der Waals surface area contributed by atoms with Gasteiger partial charge in [-0.1, -0.05) is 20.8 Å². The van der Waals surface area contributed by atoms with Crippen molar-refractivity contribution < 1.29 is 9.59 Å². The second-order valence-electron chi connectivity index (χ2n) is 9.23. The summed E-state index contributed by atoms with van der Waals surface area (Å²) in [4.78, 5) is 36.7. The molecule has 3 fully saturated rings. The fourth-order valence-corrected chi connectivity index (χ4v) is 4.68. The van der Waals surface area contributed by atoms with Gasteiger partial charge < -0.3 is 14.8 Å². The number of hydrogen-bond donors (Lipinski definition) is 1. The lowest BCUT2D eigenvalue weighted by molar-refractivity contribution is -0.131. The molecule has 0 radical (unpaired) electrons. The zero-order valence-corrected chi connectivity index (χ0v) is 16.2. The number of aryl methyl sites for hydroxylation is 1. The Bertz CT molecular complexity index is 725. The van der Waals surface area contributed by atoms with Gasteiger partial charge in [-0.15, -0.1) is 0 Å². The van der Waals surface area contributed by atoms with Crippen LogP contribution in [0.5, 0.6) is 0 Å². The smallest absolute Gasteiger partial charge is 0.271 e. The minimum Gasteiger partial charge on any atom is -0.342 e. The van der Waals surface area contributed by atoms with E-state index in [1.807, 2.05) is 16.7 Å². The van der Waals surface area contributed by atoms with Crippen LogP contribution in [-0.2, 0) is 11.2 Å². The summed E-state index contributed by atoms with van der Waals surface area (Å²) in [5, 5.41) is 0. The summed E-state index contributed by atoms with van der Waals surface area (Å²) in [5.74, 6) is 1.76. The predicted octanol–water partition coefficient (Wildman–Crippen LogP) is 2.47. The Kier molecular flexibility index (Phi) is 4.12. The highest BCUT2D eigenvalue weighted by atomic mass is 16.2. The lowest BCUT2D eigenvalue weighted by Gasteiger charge is -2.24. The second kappa shape index (κ2) is 6.10. The van der Waals surface area contributed by atoms with Crippen LogP contribution in [0.2, 0.25) is 0 Å². The van der Waals surface area contributed by atoms with Crippen molar-refractivity contribution in [3.05, 3.63) is 17.7 Å². The monoisotopic (exact) mass is 358 g/mol. The molecular weight excluding hydrogens is 328 g/mol. The highest BCUT2D eigenvalue weighted by Crippen LogP contribution is 2.54. The van der Waals surface area contributed by atoms with Crippen LogP contribution in [0.1, 0.15) is 62.8 Å². The van der Waals surface area contributed by atoms with Gasteiger partial charge in [0.05, 0.1) is 6.20 Å². The van der Waals surface area contributed by atoms with Crippen LogP contribution < -0.4 is 0 Å². The van der Waals surface area contributed by atoms with E-state index < -0.39 is 0 Å². The van der Waals surface area contributed by atoms with Crippen molar-refractivity contribution in [2.24, 2.45) is 16.7 Å². The van der Waals surface area contributed by atoms with Gasteiger partial charge in [-0.3, -0.25) is 9.59 Å². The number of carbonyl (C=O) groups is 2. The van der Waals surface area contributed by atoms with E-state index in [4.69, 9.17) is 0 Å². The molecule has 1 spiro atoms. The third-order valence-corrected chi connectivity index (χ3v) is 6.85. The molecule has 0 bridgehead atoms. The molecule has 1 N–H and O–H groups in total. The molecule has 26 heavy (non-hydrogen) atoms. The summed E-state index contributed by atoms with van der Waals surface area (Å²) in [6.45, 7) is 9.70. The lowest BCUT2D eigenvalue weighted by Crippen LogP contribution is -2.36. The molecule has 2 unspecified atom stereocenters. The molecule has 6 heteroatoms. The number of imidazole rings is 1. The molecule has 142 valence electrons. The highest BCUT2D eigenvalue weighted by molar-refractivity contribution is 5.92. The molecule has 0 aromatic carbocycles. The maximum Gasteiger partial charge on any atom is 0.271 e. The third-order valence-electron chi connectivity index (χ3n) is 6.85. The normalized spacial score (nSPS) is 29.6. The standard InChI is InChI=1S/C20H30N4O2/c1-4-16-21-11-15(22-16)18(26)24-8-6-20(13-24)5-7-23(12-20)17(25)9-14-10-19(14,2)3/h11,14H,4-10,12-13H2,1-3H3,(H,21,22). The largest absolute Gasteiger partial charge is 0.342 e. The summed E-state index contributed by atoms with van der Waals surface area (Å²) in [6.07, 6.45) is 6.32. The molecule has 3 heterocycles. The Morgan fingerprint density at radius 1 is 1.23 bits per heavy atom. The summed E-state index contributed by atoms with van der Waals surface area (Å²) < 4.78 is 0. The molecule has 1 aliphatic carbocycles. The zero-order chi connectivity index (χ0) is 18.5. The van der Waals surface area contributed by atoms with Gasteiger partial charge in [0.1, 0.15) is 11.5 Å². The van der Waals surface area contributed by atoms with Gasteiger partial charge in [0.2, 0.25) is 5.91 Å². The molecule has 1 aromatic heterocycles. The summed E-state index contributed by atoms with van der Waals surface area (Å²) in [5.41, 5.74) is 1.03. The molecule has 2 aliphatic heterocycles. The summed E-state index contributed by atoms with van der Waals surface area (Å²) in [7, 11) is 0. The Labute approximate surface area is 155 Å². The van der Waals surface area contributed by atoms with Crippen LogP contribution in [0.15, 0.2) is 6.20 Å². The van der Waals surface area contributed by atoms with E-state index in [0.717, 1.165) is 51.3 Å². The van der Waals surface area contributed by atoms with Gasteiger partial charge >= 0.3 is 0 Å².